The van der Waals surface area contributed by atoms with Crippen molar-refractivity contribution < 1.29 is 9.15 Å². The van der Waals surface area contributed by atoms with Gasteiger partial charge in [-0.3, -0.25) is 0 Å². The molecule has 0 radical (unpaired) electrons. The van der Waals surface area contributed by atoms with E-state index in [-0.39, 0.29) is 11.9 Å². The summed E-state index contributed by atoms with van der Waals surface area (Å²) < 4.78 is 12.0. The Morgan fingerprint density at radius 2 is 2.09 bits per heavy atom. The summed E-state index contributed by atoms with van der Waals surface area (Å²) in [6.07, 6.45) is 1.73. The van der Waals surface area contributed by atoms with Crippen molar-refractivity contribution in [2.75, 3.05) is 33.0 Å². The lowest BCUT2D eigenvalue weighted by molar-refractivity contribution is 0.206. The number of piperidine rings is 1. The van der Waals surface area contributed by atoms with Crippen molar-refractivity contribution in [2.45, 2.75) is 18.9 Å². The number of methoxy groups -OCH3 is 1. The lowest BCUT2D eigenvalue weighted by Gasteiger charge is -2.27. The lowest BCUT2D eigenvalue weighted by Crippen LogP contribution is -2.34. The Hall–Kier alpha value is -1.99. The van der Waals surface area contributed by atoms with E-state index in [2.05, 4.69) is 17.0 Å². The Kier molecular flexibility index (Phi) is 4.32. The molecule has 1 aromatic carbocycles. The van der Waals surface area contributed by atoms with Crippen LogP contribution in [-0.2, 0) is 0 Å². The molecule has 8 heteroatoms. The van der Waals surface area contributed by atoms with Crippen LogP contribution in [0, 0.1) is 0 Å². The van der Waals surface area contributed by atoms with Crippen LogP contribution in [0.2, 0.25) is 5.02 Å². The molecule has 2 heterocycles. The summed E-state index contributed by atoms with van der Waals surface area (Å²) in [6.45, 7) is 1.85. The van der Waals surface area contributed by atoms with Gasteiger partial charge in [0.05, 0.1) is 29.4 Å². The van der Waals surface area contributed by atoms with Crippen molar-refractivity contribution in [3.8, 4) is 17.2 Å². The van der Waals surface area contributed by atoms with Crippen LogP contribution < -0.4 is 16.2 Å². The van der Waals surface area contributed by atoms with Crippen molar-refractivity contribution >= 4 is 17.3 Å². The van der Waals surface area contributed by atoms with E-state index in [1.165, 1.54) is 11.8 Å². The Labute approximate surface area is 138 Å². The summed E-state index contributed by atoms with van der Waals surface area (Å²) in [7, 11) is 3.58. The number of hydrogen-bond donors (Lipinski definition) is 1. The second-order valence-electron chi connectivity index (χ2n) is 5.73. The number of anilines is 1. The molecule has 1 saturated heterocycles. The molecule has 124 valence electrons. The number of ether oxygens (including phenoxy) is 1. The first-order valence-electron chi connectivity index (χ1n) is 7.41. The van der Waals surface area contributed by atoms with Crippen LogP contribution in [0.25, 0.3) is 11.5 Å². The summed E-state index contributed by atoms with van der Waals surface area (Å²) in [5.41, 5.74) is 6.68. The smallest absolute Gasteiger partial charge is 0.437 e. The summed E-state index contributed by atoms with van der Waals surface area (Å²) in [6, 6.07) is 3.23. The number of halogens is 1. The monoisotopic (exact) mass is 338 g/mol. The molecule has 23 heavy (non-hydrogen) atoms. The van der Waals surface area contributed by atoms with Gasteiger partial charge >= 0.3 is 5.76 Å². The standard InChI is InChI=1S/C15H19ClN4O3/c1-19-5-3-9(4-6-19)20-15(21)23-14(18-20)10-7-11(16)12(17)8-13(10)22-2/h7-9H,3-6,17H2,1-2H3. The van der Waals surface area contributed by atoms with E-state index in [4.69, 9.17) is 26.5 Å². The van der Waals surface area contributed by atoms with Gasteiger partial charge in [0.1, 0.15) is 5.75 Å². The molecule has 1 fully saturated rings. The maximum Gasteiger partial charge on any atom is 0.437 e. The van der Waals surface area contributed by atoms with Gasteiger partial charge in [0.2, 0.25) is 0 Å². The molecule has 0 atom stereocenters. The van der Waals surface area contributed by atoms with E-state index in [0.29, 0.717) is 22.0 Å². The minimum atomic E-state index is -0.468. The minimum absolute atomic E-state index is 0.0476. The molecule has 2 N–H and O–H groups in total. The van der Waals surface area contributed by atoms with Gasteiger partial charge in [-0.05, 0) is 39.0 Å². The van der Waals surface area contributed by atoms with Crippen LogP contribution in [0.15, 0.2) is 21.3 Å². The largest absolute Gasteiger partial charge is 0.496 e. The van der Waals surface area contributed by atoms with Crippen molar-refractivity contribution in [1.82, 2.24) is 14.7 Å². The van der Waals surface area contributed by atoms with Gasteiger partial charge in [0, 0.05) is 6.07 Å². The van der Waals surface area contributed by atoms with E-state index < -0.39 is 5.76 Å². The maximum atomic E-state index is 12.2. The van der Waals surface area contributed by atoms with E-state index in [9.17, 15) is 4.79 Å². The Balaban J connectivity index is 1.98. The van der Waals surface area contributed by atoms with Crippen LogP contribution >= 0.6 is 11.6 Å². The maximum absolute atomic E-state index is 12.2. The molecule has 0 unspecified atom stereocenters. The van der Waals surface area contributed by atoms with Crippen LogP contribution in [0.3, 0.4) is 0 Å². The Bertz CT molecular complexity index is 763. The number of nitrogens with two attached hydrogens (primary N) is 1. The molecule has 1 aliphatic heterocycles. The first-order valence-corrected chi connectivity index (χ1v) is 7.79. The molecular weight excluding hydrogens is 320 g/mol. The minimum Gasteiger partial charge on any atom is -0.496 e. The van der Waals surface area contributed by atoms with Gasteiger partial charge in [-0.15, -0.1) is 5.10 Å². The zero-order valence-electron chi connectivity index (χ0n) is 13.1. The molecule has 1 aromatic heterocycles. The lowest BCUT2D eigenvalue weighted by atomic mass is 10.1. The number of hydrogen-bond acceptors (Lipinski definition) is 6. The number of benzene rings is 1. The van der Waals surface area contributed by atoms with Crippen LogP contribution in [-0.4, -0.2) is 41.9 Å². The predicted octanol–water partition coefficient (Wildman–Crippen LogP) is 2.01. The third kappa shape index (κ3) is 3.07. The fraction of sp³-hybridized carbons (Fsp3) is 0.467. The SMILES string of the molecule is COc1cc(N)c(Cl)cc1-c1nn(C2CCN(C)CC2)c(=O)o1. The van der Waals surface area contributed by atoms with E-state index in [0.717, 1.165) is 25.9 Å². The number of nitrogen functional groups attached to an aromatic ring is 1. The first kappa shape index (κ1) is 15.9. The fourth-order valence-corrected chi connectivity index (χ4v) is 2.94. The molecule has 2 aromatic rings. The molecule has 0 amide bonds. The van der Waals surface area contributed by atoms with Crippen molar-refractivity contribution in [3.63, 3.8) is 0 Å². The highest BCUT2D eigenvalue weighted by Gasteiger charge is 2.24. The summed E-state index contributed by atoms with van der Waals surface area (Å²) >= 11 is 6.06. The normalized spacial score (nSPS) is 16.7. The average Bonchev–Trinajstić information content (AvgIpc) is 2.92. The fourth-order valence-electron chi connectivity index (χ4n) is 2.77. The van der Waals surface area contributed by atoms with Gasteiger partial charge in [-0.1, -0.05) is 11.6 Å². The zero-order valence-corrected chi connectivity index (χ0v) is 13.8. The van der Waals surface area contributed by atoms with Crippen LogP contribution in [0.5, 0.6) is 5.75 Å². The van der Waals surface area contributed by atoms with Crippen molar-refractivity contribution in [2.24, 2.45) is 0 Å². The molecule has 0 aliphatic carbocycles. The molecular formula is C15H19ClN4O3. The van der Waals surface area contributed by atoms with Gasteiger partial charge in [0.15, 0.2) is 0 Å². The van der Waals surface area contributed by atoms with Gasteiger partial charge in [0.25, 0.3) is 5.89 Å². The number of rotatable bonds is 3. The third-order valence-corrected chi connectivity index (χ3v) is 4.48. The third-order valence-electron chi connectivity index (χ3n) is 4.15. The first-order chi connectivity index (χ1) is 11.0. The Morgan fingerprint density at radius 1 is 1.39 bits per heavy atom. The average molecular weight is 339 g/mol. The van der Waals surface area contributed by atoms with Gasteiger partial charge in [-0.25, -0.2) is 4.79 Å². The quantitative estimate of drug-likeness (QED) is 0.861. The van der Waals surface area contributed by atoms with Gasteiger partial charge in [-0.2, -0.15) is 4.68 Å². The van der Waals surface area contributed by atoms with E-state index in [1.54, 1.807) is 12.1 Å². The summed E-state index contributed by atoms with van der Waals surface area (Å²) in [4.78, 5) is 14.4. The van der Waals surface area contributed by atoms with Crippen LogP contribution in [0.4, 0.5) is 5.69 Å². The molecule has 1 aliphatic rings. The predicted molar refractivity (Wildman–Crippen MR) is 87.9 cm³/mol. The highest BCUT2D eigenvalue weighted by Crippen LogP contribution is 2.35. The molecule has 3 rings (SSSR count). The second kappa shape index (κ2) is 6.25. The molecule has 0 saturated carbocycles. The zero-order chi connectivity index (χ0) is 16.6. The molecule has 0 bridgehead atoms. The summed E-state index contributed by atoms with van der Waals surface area (Å²) in [5.74, 6) is 0.181. The highest BCUT2D eigenvalue weighted by atomic mass is 35.5. The summed E-state index contributed by atoms with van der Waals surface area (Å²) in [5, 5.41) is 4.71. The van der Waals surface area contributed by atoms with Crippen molar-refractivity contribution in [3.05, 3.63) is 27.7 Å². The van der Waals surface area contributed by atoms with E-state index in [1.807, 2.05) is 0 Å². The number of aromatic nitrogens is 2. The Morgan fingerprint density at radius 3 is 2.74 bits per heavy atom. The topological polar surface area (TPSA) is 86.5 Å². The molecule has 0 spiro atoms. The molecule has 7 nitrogen and oxygen atoms in total. The number of nitrogens with zero attached hydrogens (tertiary/aromatic N) is 3. The van der Waals surface area contributed by atoms with Gasteiger partial charge < -0.3 is 19.8 Å². The van der Waals surface area contributed by atoms with E-state index >= 15 is 0 Å². The van der Waals surface area contributed by atoms with Crippen LogP contribution in [0.1, 0.15) is 18.9 Å². The highest BCUT2D eigenvalue weighted by molar-refractivity contribution is 6.33. The van der Waals surface area contributed by atoms with Crippen molar-refractivity contribution in [1.29, 1.82) is 0 Å². The second-order valence-corrected chi connectivity index (χ2v) is 6.13. The number of likely N-dealkylation sites (tertiary alicyclic amines) is 1.